The van der Waals surface area contributed by atoms with Gasteiger partial charge in [0.1, 0.15) is 11.5 Å². The standard InChI is InChI=1S/C12H18N4O2/c1-6-5-10(9(4)17-6)8(3)14-12-16-15-11(18-12)7(2)13/h5,7-8H,13H2,1-4H3,(H,14,16). The van der Waals surface area contributed by atoms with Gasteiger partial charge in [-0.15, -0.1) is 5.10 Å². The molecule has 2 aromatic heterocycles. The molecule has 0 aliphatic heterocycles. The van der Waals surface area contributed by atoms with Crippen molar-refractivity contribution >= 4 is 6.01 Å². The summed E-state index contributed by atoms with van der Waals surface area (Å²) in [5.41, 5.74) is 6.73. The van der Waals surface area contributed by atoms with Gasteiger partial charge in [-0.2, -0.15) is 0 Å². The van der Waals surface area contributed by atoms with Gasteiger partial charge in [-0.25, -0.2) is 0 Å². The summed E-state index contributed by atoms with van der Waals surface area (Å²) >= 11 is 0. The van der Waals surface area contributed by atoms with Gasteiger partial charge < -0.3 is 19.9 Å². The molecule has 0 aliphatic rings. The summed E-state index contributed by atoms with van der Waals surface area (Å²) < 4.78 is 10.9. The van der Waals surface area contributed by atoms with E-state index in [0.717, 1.165) is 17.1 Å². The first-order valence-corrected chi connectivity index (χ1v) is 5.90. The highest BCUT2D eigenvalue weighted by atomic mass is 16.4. The van der Waals surface area contributed by atoms with Crippen molar-refractivity contribution in [3.8, 4) is 0 Å². The summed E-state index contributed by atoms with van der Waals surface area (Å²) in [4.78, 5) is 0. The molecule has 3 N–H and O–H groups in total. The lowest BCUT2D eigenvalue weighted by molar-refractivity contribution is 0.469. The van der Waals surface area contributed by atoms with Crippen molar-refractivity contribution in [1.29, 1.82) is 0 Å². The van der Waals surface area contributed by atoms with Gasteiger partial charge in [-0.05, 0) is 33.8 Å². The van der Waals surface area contributed by atoms with Crippen LogP contribution in [0.15, 0.2) is 14.9 Å². The third kappa shape index (κ3) is 2.53. The normalized spacial score (nSPS) is 14.5. The Morgan fingerprint density at radius 2 is 1.94 bits per heavy atom. The van der Waals surface area contributed by atoms with Crippen LogP contribution in [-0.4, -0.2) is 10.2 Å². The highest BCUT2D eigenvalue weighted by Crippen LogP contribution is 2.24. The summed E-state index contributed by atoms with van der Waals surface area (Å²) in [6.07, 6.45) is 0. The smallest absolute Gasteiger partial charge is 0.316 e. The molecule has 0 bridgehead atoms. The molecule has 6 nitrogen and oxygen atoms in total. The highest BCUT2D eigenvalue weighted by Gasteiger charge is 2.16. The van der Waals surface area contributed by atoms with Crippen molar-refractivity contribution in [2.75, 3.05) is 5.32 Å². The average Bonchev–Trinajstić information content (AvgIpc) is 2.85. The first-order valence-electron chi connectivity index (χ1n) is 5.90. The van der Waals surface area contributed by atoms with Crippen LogP contribution in [0.4, 0.5) is 6.01 Å². The van der Waals surface area contributed by atoms with E-state index in [1.54, 1.807) is 6.92 Å². The zero-order valence-electron chi connectivity index (χ0n) is 11.0. The molecule has 18 heavy (non-hydrogen) atoms. The van der Waals surface area contributed by atoms with Crippen LogP contribution in [0.3, 0.4) is 0 Å². The molecular formula is C12H18N4O2. The molecule has 98 valence electrons. The number of aromatic nitrogens is 2. The Kier molecular flexibility index (Phi) is 3.38. The summed E-state index contributed by atoms with van der Waals surface area (Å²) in [6, 6.07) is 2.13. The Bertz CT molecular complexity index is 530. The number of nitrogens with zero attached hydrogens (tertiary/aromatic N) is 2. The van der Waals surface area contributed by atoms with E-state index in [0.29, 0.717) is 11.9 Å². The van der Waals surface area contributed by atoms with E-state index in [4.69, 9.17) is 14.6 Å². The van der Waals surface area contributed by atoms with Crippen LogP contribution in [0.25, 0.3) is 0 Å². The fourth-order valence-corrected chi connectivity index (χ4v) is 1.82. The van der Waals surface area contributed by atoms with Gasteiger partial charge in [0.05, 0.1) is 12.1 Å². The molecule has 0 radical (unpaired) electrons. The van der Waals surface area contributed by atoms with Crippen LogP contribution < -0.4 is 11.1 Å². The number of anilines is 1. The minimum atomic E-state index is -0.263. The Morgan fingerprint density at radius 3 is 2.44 bits per heavy atom. The Hall–Kier alpha value is -1.82. The largest absolute Gasteiger partial charge is 0.466 e. The summed E-state index contributed by atoms with van der Waals surface area (Å²) in [5, 5.41) is 10.9. The predicted octanol–water partition coefficient (Wildman–Crippen LogP) is 2.47. The molecule has 2 rings (SSSR count). The van der Waals surface area contributed by atoms with Gasteiger partial charge in [-0.3, -0.25) is 0 Å². The zero-order valence-corrected chi connectivity index (χ0v) is 11.0. The number of hydrogen-bond donors (Lipinski definition) is 2. The van der Waals surface area contributed by atoms with E-state index < -0.39 is 0 Å². The number of nitrogens with one attached hydrogen (secondary N) is 1. The Balaban J connectivity index is 2.11. The lowest BCUT2D eigenvalue weighted by Crippen LogP contribution is -2.07. The summed E-state index contributed by atoms with van der Waals surface area (Å²) in [5.74, 6) is 2.20. The lowest BCUT2D eigenvalue weighted by Gasteiger charge is -2.10. The van der Waals surface area contributed by atoms with Gasteiger partial charge in [0.25, 0.3) is 0 Å². The molecule has 0 amide bonds. The Labute approximate surface area is 106 Å². The molecule has 6 heteroatoms. The highest BCUT2D eigenvalue weighted by molar-refractivity contribution is 5.31. The van der Waals surface area contributed by atoms with Crippen molar-refractivity contribution in [1.82, 2.24) is 10.2 Å². The second kappa shape index (κ2) is 4.81. The average molecular weight is 250 g/mol. The van der Waals surface area contributed by atoms with Gasteiger partial charge in [-0.1, -0.05) is 5.10 Å². The number of nitrogens with two attached hydrogens (primary N) is 1. The van der Waals surface area contributed by atoms with E-state index in [9.17, 15) is 0 Å². The number of aryl methyl sites for hydroxylation is 2. The fraction of sp³-hybridized carbons (Fsp3) is 0.500. The molecule has 0 saturated carbocycles. The van der Waals surface area contributed by atoms with Crippen LogP contribution in [0.1, 0.15) is 48.9 Å². The minimum Gasteiger partial charge on any atom is -0.466 e. The first-order chi connectivity index (χ1) is 8.47. The third-order valence-corrected chi connectivity index (χ3v) is 2.72. The van der Waals surface area contributed by atoms with E-state index in [2.05, 4.69) is 15.5 Å². The zero-order chi connectivity index (χ0) is 13.3. The number of furan rings is 1. The molecule has 2 atom stereocenters. The molecule has 0 aliphatic carbocycles. The van der Waals surface area contributed by atoms with Crippen LogP contribution in [0.2, 0.25) is 0 Å². The molecule has 0 spiro atoms. The number of hydrogen-bond acceptors (Lipinski definition) is 6. The maximum atomic E-state index is 5.66. The maximum Gasteiger partial charge on any atom is 0.316 e. The van der Waals surface area contributed by atoms with Gasteiger partial charge in [0.15, 0.2) is 0 Å². The van der Waals surface area contributed by atoms with E-state index >= 15 is 0 Å². The quantitative estimate of drug-likeness (QED) is 0.866. The monoisotopic (exact) mass is 250 g/mol. The molecule has 2 unspecified atom stereocenters. The molecule has 0 aromatic carbocycles. The topological polar surface area (TPSA) is 90.1 Å². The van der Waals surface area contributed by atoms with Crippen LogP contribution in [0, 0.1) is 13.8 Å². The van der Waals surface area contributed by atoms with Crippen molar-refractivity contribution in [3.05, 3.63) is 29.0 Å². The maximum absolute atomic E-state index is 5.66. The van der Waals surface area contributed by atoms with Crippen molar-refractivity contribution in [3.63, 3.8) is 0 Å². The minimum absolute atomic E-state index is 0.0313. The fourth-order valence-electron chi connectivity index (χ4n) is 1.82. The van der Waals surface area contributed by atoms with Crippen LogP contribution in [-0.2, 0) is 0 Å². The SMILES string of the molecule is Cc1cc(C(C)Nc2nnc(C(C)N)o2)c(C)o1. The first kappa shape index (κ1) is 12.6. The molecule has 0 saturated heterocycles. The summed E-state index contributed by atoms with van der Waals surface area (Å²) in [7, 11) is 0. The van der Waals surface area contributed by atoms with Crippen LogP contribution >= 0.6 is 0 Å². The van der Waals surface area contributed by atoms with E-state index in [1.807, 2.05) is 26.8 Å². The lowest BCUT2D eigenvalue weighted by atomic mass is 10.1. The summed E-state index contributed by atoms with van der Waals surface area (Å²) in [6.45, 7) is 7.66. The van der Waals surface area contributed by atoms with E-state index in [1.165, 1.54) is 0 Å². The molecule has 0 fully saturated rings. The third-order valence-electron chi connectivity index (χ3n) is 2.72. The molecule has 2 heterocycles. The second-order valence-electron chi connectivity index (χ2n) is 4.47. The molecular weight excluding hydrogens is 232 g/mol. The van der Waals surface area contributed by atoms with Crippen molar-refractivity contribution < 1.29 is 8.83 Å². The van der Waals surface area contributed by atoms with Gasteiger partial charge >= 0.3 is 6.01 Å². The van der Waals surface area contributed by atoms with Crippen molar-refractivity contribution in [2.45, 2.75) is 39.8 Å². The van der Waals surface area contributed by atoms with E-state index in [-0.39, 0.29) is 12.1 Å². The van der Waals surface area contributed by atoms with Crippen molar-refractivity contribution in [2.24, 2.45) is 5.73 Å². The Morgan fingerprint density at radius 1 is 1.22 bits per heavy atom. The van der Waals surface area contributed by atoms with Gasteiger partial charge in [0, 0.05) is 5.56 Å². The predicted molar refractivity (Wildman–Crippen MR) is 67.1 cm³/mol. The van der Waals surface area contributed by atoms with Crippen LogP contribution in [0.5, 0.6) is 0 Å². The number of rotatable bonds is 4. The van der Waals surface area contributed by atoms with Gasteiger partial charge in [0.2, 0.25) is 5.89 Å². The molecule has 2 aromatic rings. The second-order valence-corrected chi connectivity index (χ2v) is 4.47.